The summed E-state index contributed by atoms with van der Waals surface area (Å²) in [6.07, 6.45) is 10.5. The molecule has 4 rings (SSSR count). The minimum absolute atomic E-state index is 0.128. The van der Waals surface area contributed by atoms with Crippen molar-refractivity contribution in [3.05, 3.63) is 0 Å². The summed E-state index contributed by atoms with van der Waals surface area (Å²) in [7, 11) is 3.34. The molecule has 0 saturated heterocycles. The molecule has 1 N–H and O–H groups in total. The lowest BCUT2D eigenvalue weighted by Crippen LogP contribution is -2.51. The second-order valence-corrected chi connectivity index (χ2v) is 10.4. The highest BCUT2D eigenvalue weighted by atomic mass is 16.7. The molecule has 4 nitrogen and oxygen atoms in total. The van der Waals surface area contributed by atoms with Gasteiger partial charge in [0.15, 0.2) is 0 Å². The lowest BCUT2D eigenvalue weighted by molar-refractivity contribution is -0.180. The Morgan fingerprint density at radius 1 is 1.00 bits per heavy atom. The van der Waals surface area contributed by atoms with Crippen LogP contribution in [0.2, 0.25) is 0 Å². The van der Waals surface area contributed by atoms with E-state index in [1.807, 2.05) is 6.92 Å². The average Bonchev–Trinajstić information content (AvgIpc) is 2.96. The molecule has 0 spiro atoms. The molecule has 0 aromatic rings. The molecule has 4 heteroatoms. The number of hydrogen-bond donors (Lipinski definition) is 1. The van der Waals surface area contributed by atoms with E-state index < -0.39 is 5.60 Å². The molecule has 0 radical (unpaired) electrons. The molecule has 0 heterocycles. The predicted molar refractivity (Wildman–Crippen MR) is 101 cm³/mol. The first-order valence-corrected chi connectivity index (χ1v) is 10.8. The highest BCUT2D eigenvalue weighted by molar-refractivity contribution is 5.79. The molecule has 0 aromatic heterocycles. The van der Waals surface area contributed by atoms with Gasteiger partial charge in [-0.25, -0.2) is 5.06 Å². The van der Waals surface area contributed by atoms with E-state index in [9.17, 15) is 9.90 Å². The summed E-state index contributed by atoms with van der Waals surface area (Å²) < 4.78 is 0. The zero-order valence-electron chi connectivity index (χ0n) is 17.0. The van der Waals surface area contributed by atoms with Crippen LogP contribution in [0.1, 0.15) is 71.6 Å². The van der Waals surface area contributed by atoms with Crippen LogP contribution in [-0.4, -0.2) is 35.8 Å². The van der Waals surface area contributed by atoms with Gasteiger partial charge >= 0.3 is 0 Å². The van der Waals surface area contributed by atoms with Crippen molar-refractivity contribution in [1.29, 1.82) is 0 Å². The first-order valence-electron chi connectivity index (χ1n) is 10.8. The fraction of sp³-hybridized carbons (Fsp3) is 0.955. The van der Waals surface area contributed by atoms with Gasteiger partial charge in [-0.15, -0.1) is 0 Å². The third-order valence-corrected chi connectivity index (χ3v) is 9.12. The van der Waals surface area contributed by atoms with E-state index in [0.717, 1.165) is 42.9 Å². The van der Waals surface area contributed by atoms with Gasteiger partial charge in [0.1, 0.15) is 0 Å². The summed E-state index contributed by atoms with van der Waals surface area (Å²) in [6.45, 7) is 4.43. The zero-order valence-corrected chi connectivity index (χ0v) is 17.0. The first-order chi connectivity index (χ1) is 12.3. The molecule has 4 aliphatic rings. The third-order valence-electron chi connectivity index (χ3n) is 9.12. The highest BCUT2D eigenvalue weighted by Crippen LogP contribution is 2.64. The number of rotatable bonds is 2. The van der Waals surface area contributed by atoms with Crippen LogP contribution in [0.5, 0.6) is 0 Å². The Labute approximate surface area is 158 Å². The number of amides is 1. The summed E-state index contributed by atoms with van der Waals surface area (Å²) in [6, 6.07) is 0. The van der Waals surface area contributed by atoms with E-state index in [0.29, 0.717) is 5.92 Å². The third kappa shape index (κ3) is 2.83. The van der Waals surface area contributed by atoms with Gasteiger partial charge in [0.2, 0.25) is 5.91 Å². The fourth-order valence-corrected chi connectivity index (χ4v) is 7.80. The van der Waals surface area contributed by atoms with Gasteiger partial charge < -0.3 is 5.11 Å². The van der Waals surface area contributed by atoms with E-state index in [2.05, 4.69) is 6.92 Å². The van der Waals surface area contributed by atoms with Crippen LogP contribution in [0.25, 0.3) is 0 Å². The van der Waals surface area contributed by atoms with Gasteiger partial charge in [0, 0.05) is 13.0 Å². The Kier molecular flexibility index (Phi) is 4.67. The van der Waals surface area contributed by atoms with Crippen molar-refractivity contribution < 1.29 is 14.7 Å². The van der Waals surface area contributed by atoms with Crippen LogP contribution in [0.4, 0.5) is 0 Å². The van der Waals surface area contributed by atoms with Crippen LogP contribution < -0.4 is 0 Å². The molecule has 8 unspecified atom stereocenters. The molecule has 148 valence electrons. The maximum atomic E-state index is 12.9. The van der Waals surface area contributed by atoms with Crippen molar-refractivity contribution in [2.45, 2.75) is 77.2 Å². The van der Waals surface area contributed by atoms with Gasteiger partial charge in [0.05, 0.1) is 12.7 Å². The minimum Gasteiger partial charge on any atom is -0.390 e. The van der Waals surface area contributed by atoms with Crippen molar-refractivity contribution in [2.24, 2.45) is 40.9 Å². The number of aliphatic hydroxyl groups is 1. The van der Waals surface area contributed by atoms with Crippen LogP contribution in [0, 0.1) is 40.9 Å². The zero-order chi connectivity index (χ0) is 18.7. The van der Waals surface area contributed by atoms with E-state index in [1.165, 1.54) is 43.6 Å². The number of carbonyl (C=O) groups is 1. The number of nitrogens with zero attached hydrogens (tertiary/aromatic N) is 1. The highest BCUT2D eigenvalue weighted by Gasteiger charge is 2.59. The van der Waals surface area contributed by atoms with Gasteiger partial charge in [-0.3, -0.25) is 9.63 Å². The van der Waals surface area contributed by atoms with Gasteiger partial charge in [0.25, 0.3) is 0 Å². The van der Waals surface area contributed by atoms with Crippen molar-refractivity contribution >= 4 is 5.91 Å². The van der Waals surface area contributed by atoms with E-state index in [1.54, 1.807) is 14.2 Å². The molecule has 4 fully saturated rings. The molecule has 8 atom stereocenters. The lowest BCUT2D eigenvalue weighted by Gasteiger charge is -2.56. The molecule has 4 aliphatic carbocycles. The number of hydroxylamine groups is 2. The van der Waals surface area contributed by atoms with Crippen molar-refractivity contribution in [3.63, 3.8) is 0 Å². The monoisotopic (exact) mass is 363 g/mol. The smallest absolute Gasteiger partial charge is 0.249 e. The summed E-state index contributed by atoms with van der Waals surface area (Å²) in [5.74, 6) is 4.17. The van der Waals surface area contributed by atoms with Crippen LogP contribution in [0.3, 0.4) is 0 Å². The van der Waals surface area contributed by atoms with Gasteiger partial charge in [-0.1, -0.05) is 6.92 Å². The molecule has 0 aliphatic heterocycles. The summed E-state index contributed by atoms with van der Waals surface area (Å²) in [4.78, 5) is 18.1. The SMILES string of the molecule is CON(C)C(=O)C1CCC2C3CCC4CC(C)(O)CCC4C3CCC12C. The molecule has 1 amide bonds. The molecule has 0 aromatic carbocycles. The van der Waals surface area contributed by atoms with Crippen LogP contribution in [-0.2, 0) is 9.63 Å². The maximum absolute atomic E-state index is 12.9. The van der Waals surface area contributed by atoms with Crippen LogP contribution >= 0.6 is 0 Å². The fourth-order valence-electron chi connectivity index (χ4n) is 7.80. The van der Waals surface area contributed by atoms with Crippen LogP contribution in [0.15, 0.2) is 0 Å². The molecule has 4 saturated carbocycles. The standard InChI is InChI=1S/C22H37NO3/c1-21(25)11-9-15-14(13-21)5-6-17-16(15)10-12-22(2)18(17)7-8-19(22)20(24)23(3)26-4/h14-19,25H,5-13H2,1-4H3. The average molecular weight is 364 g/mol. The molecular weight excluding hydrogens is 326 g/mol. The Hall–Kier alpha value is -0.610. The summed E-state index contributed by atoms with van der Waals surface area (Å²) in [5, 5.41) is 12.0. The van der Waals surface area contributed by atoms with Crippen molar-refractivity contribution in [3.8, 4) is 0 Å². The lowest BCUT2D eigenvalue weighted by atomic mass is 9.49. The number of hydrogen-bond acceptors (Lipinski definition) is 3. The second kappa shape index (κ2) is 6.48. The summed E-state index contributed by atoms with van der Waals surface area (Å²) >= 11 is 0. The Morgan fingerprint density at radius 2 is 1.73 bits per heavy atom. The minimum atomic E-state index is -0.438. The maximum Gasteiger partial charge on any atom is 0.249 e. The summed E-state index contributed by atoms with van der Waals surface area (Å²) in [5.41, 5.74) is -0.287. The van der Waals surface area contributed by atoms with E-state index in [4.69, 9.17) is 4.84 Å². The van der Waals surface area contributed by atoms with Gasteiger partial charge in [-0.05, 0) is 99.7 Å². The van der Waals surface area contributed by atoms with E-state index >= 15 is 0 Å². The predicted octanol–water partition coefficient (Wildman–Crippen LogP) is 4.03. The van der Waals surface area contributed by atoms with Gasteiger partial charge in [-0.2, -0.15) is 0 Å². The second-order valence-electron chi connectivity index (χ2n) is 10.4. The molecule has 26 heavy (non-hydrogen) atoms. The Balaban J connectivity index is 1.52. The Bertz CT molecular complexity index is 562. The largest absolute Gasteiger partial charge is 0.390 e. The molecule has 0 bridgehead atoms. The number of carbonyl (C=O) groups excluding carboxylic acids is 1. The number of fused-ring (bicyclic) bond motifs is 5. The Morgan fingerprint density at radius 3 is 2.46 bits per heavy atom. The first kappa shape index (κ1) is 18.7. The quantitative estimate of drug-likeness (QED) is 0.754. The van der Waals surface area contributed by atoms with E-state index in [-0.39, 0.29) is 17.2 Å². The van der Waals surface area contributed by atoms with Crippen molar-refractivity contribution in [1.82, 2.24) is 5.06 Å². The van der Waals surface area contributed by atoms with Crippen molar-refractivity contribution in [2.75, 3.05) is 14.2 Å². The topological polar surface area (TPSA) is 49.8 Å². The normalized spacial score (nSPS) is 50.5. The molecular formula is C22H37NO3.